The van der Waals surface area contributed by atoms with E-state index >= 15 is 0 Å². The van der Waals surface area contributed by atoms with Crippen molar-refractivity contribution >= 4 is 12.8 Å². The van der Waals surface area contributed by atoms with Gasteiger partial charge in [-0.25, -0.2) is 0 Å². The minimum absolute atomic E-state index is 0.0926. The minimum atomic E-state index is -2.12. The van der Waals surface area contributed by atoms with Gasteiger partial charge in [-0.2, -0.15) is 0 Å². The van der Waals surface area contributed by atoms with E-state index in [1.807, 2.05) is 6.92 Å². The molecule has 0 fully saturated rings. The van der Waals surface area contributed by atoms with Crippen molar-refractivity contribution in [1.29, 1.82) is 0 Å². The summed E-state index contributed by atoms with van der Waals surface area (Å²) in [5.74, 6) is 0. The average Bonchev–Trinajstić information content (AvgIpc) is 1.71. The van der Waals surface area contributed by atoms with E-state index in [4.69, 9.17) is 0 Å². The Kier molecular flexibility index (Phi) is 4.11. The maximum atomic E-state index is 12.5. The molecule has 0 aromatic carbocycles. The molecule has 2 heteroatoms. The molecule has 0 aliphatic carbocycles. The molecule has 0 saturated heterocycles. The molecule has 0 spiro atoms. The summed E-state index contributed by atoms with van der Waals surface area (Å²) in [6.07, 6.45) is 0. The van der Waals surface area contributed by atoms with Crippen LogP contribution in [0.4, 0.5) is 0 Å². The molecule has 0 N–H and O–H groups in total. The summed E-state index contributed by atoms with van der Waals surface area (Å²) in [6.45, 7) is 22.0. The average molecular weight is 246 g/mol. The second kappa shape index (κ2) is 4.09. The van der Waals surface area contributed by atoms with Gasteiger partial charge in [0.05, 0.1) is 0 Å². The molecule has 0 rings (SSSR count). The third-order valence-electron chi connectivity index (χ3n) is 3.90. The van der Waals surface area contributed by atoms with E-state index in [9.17, 15) is 4.79 Å². The number of carbonyl (C=O) groups excluding carboxylic acids is 1. The molecule has 0 atom stereocenters. The van der Waals surface area contributed by atoms with Crippen LogP contribution in [0.2, 0.25) is 0 Å². The van der Waals surface area contributed by atoms with E-state index in [2.05, 4.69) is 62.3 Å². The van der Waals surface area contributed by atoms with Gasteiger partial charge in [0.15, 0.2) is 0 Å². The van der Waals surface area contributed by atoms with Gasteiger partial charge in [-0.3, -0.25) is 0 Å². The Bertz CT molecular complexity index is 235. The second-order valence-electron chi connectivity index (χ2n) is 8.06. The third-order valence-corrected chi connectivity index (χ3v) is 11.7. The van der Waals surface area contributed by atoms with Crippen molar-refractivity contribution in [2.75, 3.05) is 0 Å². The van der Waals surface area contributed by atoms with Crippen LogP contribution in [0.1, 0.15) is 69.2 Å². The number of hydrogen-bond acceptors (Lipinski definition) is 1. The molecule has 0 amide bonds. The van der Waals surface area contributed by atoms with Crippen molar-refractivity contribution in [1.82, 2.24) is 0 Å². The van der Waals surface area contributed by atoms with E-state index in [-0.39, 0.29) is 15.5 Å². The molecule has 0 radical (unpaired) electrons. The first kappa shape index (κ1) is 16.1. The van der Waals surface area contributed by atoms with Crippen molar-refractivity contribution in [3.63, 3.8) is 0 Å². The summed E-state index contributed by atoms with van der Waals surface area (Å²) in [5, 5.41) is 0.278. The second-order valence-corrected chi connectivity index (χ2v) is 14.8. The predicted octanol–water partition coefficient (Wildman–Crippen LogP) is 4.68. The van der Waals surface area contributed by atoms with Crippen LogP contribution in [0.25, 0.3) is 0 Å². The summed E-state index contributed by atoms with van der Waals surface area (Å²) in [6, 6.07) is 0. The van der Waals surface area contributed by atoms with E-state index in [0.29, 0.717) is 5.52 Å². The standard InChI is InChI=1S/C14H31OP/c1-11(15)16(12(2,3)4,13(5,6)7)14(8,9)10/h16H,1-10H3. The molecule has 98 valence electrons. The Morgan fingerprint density at radius 1 is 0.688 bits per heavy atom. The molecule has 0 heterocycles. The first-order valence-electron chi connectivity index (χ1n) is 6.20. The summed E-state index contributed by atoms with van der Waals surface area (Å²) >= 11 is 0. The summed E-state index contributed by atoms with van der Waals surface area (Å²) in [7, 11) is -2.12. The molecule has 0 bridgehead atoms. The van der Waals surface area contributed by atoms with Crippen LogP contribution in [0.5, 0.6) is 0 Å². The molecule has 16 heavy (non-hydrogen) atoms. The number of rotatable bonds is 1. The van der Waals surface area contributed by atoms with Gasteiger partial charge < -0.3 is 0 Å². The van der Waals surface area contributed by atoms with E-state index in [0.717, 1.165) is 0 Å². The SMILES string of the molecule is CC(=O)[PH](C(C)(C)C)(C(C)(C)C)C(C)(C)C. The van der Waals surface area contributed by atoms with Crippen LogP contribution >= 0.6 is 7.26 Å². The van der Waals surface area contributed by atoms with E-state index in [1.165, 1.54) is 0 Å². The fourth-order valence-corrected chi connectivity index (χ4v) is 14.9. The van der Waals surface area contributed by atoms with E-state index < -0.39 is 7.26 Å². The van der Waals surface area contributed by atoms with Crippen LogP contribution < -0.4 is 0 Å². The van der Waals surface area contributed by atoms with Gasteiger partial charge in [0.2, 0.25) is 0 Å². The van der Waals surface area contributed by atoms with Crippen LogP contribution in [-0.2, 0) is 4.79 Å². The monoisotopic (exact) mass is 246 g/mol. The van der Waals surface area contributed by atoms with Crippen molar-refractivity contribution < 1.29 is 4.79 Å². The zero-order valence-corrected chi connectivity index (χ0v) is 13.9. The zero-order valence-electron chi connectivity index (χ0n) is 12.9. The molecule has 0 saturated carbocycles. The van der Waals surface area contributed by atoms with Crippen molar-refractivity contribution in [2.45, 2.75) is 84.7 Å². The van der Waals surface area contributed by atoms with Gasteiger partial charge in [-0.05, 0) is 0 Å². The Labute approximate surface area is 103 Å². The molecule has 0 aromatic rings. The molecule has 0 aliphatic heterocycles. The van der Waals surface area contributed by atoms with Crippen molar-refractivity contribution in [2.24, 2.45) is 0 Å². The summed E-state index contributed by atoms with van der Waals surface area (Å²) < 4.78 is 0. The Morgan fingerprint density at radius 2 is 0.875 bits per heavy atom. The normalized spacial score (nSPS) is 16.1. The van der Waals surface area contributed by atoms with Gasteiger partial charge in [-0.15, -0.1) is 0 Å². The van der Waals surface area contributed by atoms with Crippen molar-refractivity contribution in [3.05, 3.63) is 0 Å². The molecule has 0 aromatic heterocycles. The van der Waals surface area contributed by atoms with E-state index in [1.54, 1.807) is 0 Å². The Morgan fingerprint density at radius 3 is 0.875 bits per heavy atom. The summed E-state index contributed by atoms with van der Waals surface area (Å²) in [5.41, 5.74) is 0.444. The van der Waals surface area contributed by atoms with Gasteiger partial charge in [-0.1, -0.05) is 0 Å². The first-order valence-corrected chi connectivity index (χ1v) is 8.20. The topological polar surface area (TPSA) is 17.1 Å². The Hall–Kier alpha value is 0.100. The summed E-state index contributed by atoms with van der Waals surface area (Å²) in [4.78, 5) is 12.5. The Balaban J connectivity index is 6.17. The van der Waals surface area contributed by atoms with Gasteiger partial charge in [0.25, 0.3) is 0 Å². The maximum absolute atomic E-state index is 12.5. The van der Waals surface area contributed by atoms with Crippen LogP contribution in [0.15, 0.2) is 0 Å². The number of carbonyl (C=O) groups is 1. The molecule has 0 aliphatic rings. The number of hydrogen-bond donors (Lipinski definition) is 0. The molecular formula is C14H31OP. The zero-order chi connectivity index (χ0) is 13.6. The molecule has 0 unspecified atom stereocenters. The van der Waals surface area contributed by atoms with Crippen LogP contribution in [-0.4, -0.2) is 21.0 Å². The quantitative estimate of drug-likeness (QED) is 0.614. The van der Waals surface area contributed by atoms with Gasteiger partial charge in [0, 0.05) is 0 Å². The van der Waals surface area contributed by atoms with Crippen LogP contribution in [0, 0.1) is 0 Å². The fourth-order valence-electron chi connectivity index (χ4n) is 4.96. The van der Waals surface area contributed by atoms with Crippen molar-refractivity contribution in [3.8, 4) is 0 Å². The fraction of sp³-hybridized carbons (Fsp3) is 0.929. The third kappa shape index (κ3) is 2.21. The molecule has 1 nitrogen and oxygen atoms in total. The van der Waals surface area contributed by atoms with Crippen LogP contribution in [0.3, 0.4) is 0 Å². The first-order chi connectivity index (χ1) is 6.69. The molecular weight excluding hydrogens is 215 g/mol. The predicted molar refractivity (Wildman–Crippen MR) is 78.3 cm³/mol. The van der Waals surface area contributed by atoms with Gasteiger partial charge in [0.1, 0.15) is 0 Å². The van der Waals surface area contributed by atoms with Gasteiger partial charge >= 0.3 is 102 Å².